The van der Waals surface area contributed by atoms with Crippen molar-refractivity contribution in [1.29, 1.82) is 0 Å². The maximum absolute atomic E-state index is 11.8. The number of nitrogens with zero attached hydrogens (tertiary/aromatic N) is 2. The smallest absolute Gasteiger partial charge is 0.267 e. The Kier molecular flexibility index (Phi) is 4.49. The molecule has 0 radical (unpaired) electrons. The van der Waals surface area contributed by atoms with Gasteiger partial charge in [0.15, 0.2) is 0 Å². The summed E-state index contributed by atoms with van der Waals surface area (Å²) in [6, 6.07) is 10.3. The van der Waals surface area contributed by atoms with Gasteiger partial charge in [0.25, 0.3) is 5.56 Å². The van der Waals surface area contributed by atoms with Crippen LogP contribution in [0, 0.1) is 0 Å². The summed E-state index contributed by atoms with van der Waals surface area (Å²) in [5.74, 6) is 0.464. The molecule has 0 atom stereocenters. The van der Waals surface area contributed by atoms with Gasteiger partial charge in [-0.25, -0.2) is 4.68 Å². The van der Waals surface area contributed by atoms with Crippen molar-refractivity contribution in [2.24, 2.45) is 0 Å². The predicted octanol–water partition coefficient (Wildman–Crippen LogP) is 0.568. The van der Waals surface area contributed by atoms with Gasteiger partial charge in [-0.1, -0.05) is 12.1 Å². The Balaban J connectivity index is 1.92. The lowest BCUT2D eigenvalue weighted by atomic mass is 10.2. The van der Waals surface area contributed by atoms with E-state index in [0.717, 1.165) is 16.0 Å². The van der Waals surface area contributed by atoms with Crippen LogP contribution in [-0.2, 0) is 17.9 Å². The van der Waals surface area contributed by atoms with Crippen LogP contribution in [0.2, 0.25) is 0 Å². The van der Waals surface area contributed by atoms with E-state index in [1.54, 1.807) is 7.11 Å². The zero-order valence-corrected chi connectivity index (χ0v) is 11.1. The fourth-order valence-electron chi connectivity index (χ4n) is 1.68. The second-order valence-electron chi connectivity index (χ2n) is 4.15. The number of benzene rings is 1. The van der Waals surface area contributed by atoms with Crippen molar-refractivity contribution >= 4 is 5.91 Å². The summed E-state index contributed by atoms with van der Waals surface area (Å²) in [5, 5.41) is 6.56. The van der Waals surface area contributed by atoms with Crippen LogP contribution in [0.15, 0.2) is 47.4 Å². The van der Waals surface area contributed by atoms with Crippen molar-refractivity contribution in [2.75, 3.05) is 7.11 Å². The van der Waals surface area contributed by atoms with E-state index in [0.29, 0.717) is 6.54 Å². The fourth-order valence-corrected chi connectivity index (χ4v) is 1.68. The van der Waals surface area contributed by atoms with Crippen LogP contribution < -0.4 is 15.6 Å². The molecule has 0 aliphatic heterocycles. The first kappa shape index (κ1) is 13.8. The van der Waals surface area contributed by atoms with E-state index < -0.39 is 0 Å². The molecule has 0 aliphatic carbocycles. The number of ether oxygens (including phenoxy) is 1. The van der Waals surface area contributed by atoms with E-state index >= 15 is 0 Å². The summed E-state index contributed by atoms with van der Waals surface area (Å²) < 4.78 is 6.22. The third kappa shape index (κ3) is 3.68. The molecular weight excluding hydrogens is 258 g/mol. The molecule has 1 N–H and O–H groups in total. The van der Waals surface area contributed by atoms with Crippen molar-refractivity contribution < 1.29 is 9.53 Å². The fraction of sp³-hybridized carbons (Fsp3) is 0.214. The summed E-state index contributed by atoms with van der Waals surface area (Å²) in [6.45, 7) is 0.279. The number of methoxy groups -OCH3 is 1. The van der Waals surface area contributed by atoms with Crippen molar-refractivity contribution in [3.05, 3.63) is 58.5 Å². The normalized spacial score (nSPS) is 10.1. The summed E-state index contributed by atoms with van der Waals surface area (Å²) in [6.07, 6.45) is 1.47. The Labute approximate surface area is 116 Å². The molecule has 104 valence electrons. The lowest BCUT2D eigenvalue weighted by Crippen LogP contribution is -2.32. The summed E-state index contributed by atoms with van der Waals surface area (Å²) in [7, 11) is 1.59. The highest BCUT2D eigenvalue weighted by Crippen LogP contribution is 2.11. The minimum absolute atomic E-state index is 0.0936. The molecule has 20 heavy (non-hydrogen) atoms. The molecule has 0 bridgehead atoms. The van der Waals surface area contributed by atoms with Crippen molar-refractivity contribution in [3.8, 4) is 5.75 Å². The molecule has 0 saturated carbocycles. The Morgan fingerprint density at radius 1 is 1.35 bits per heavy atom. The lowest BCUT2D eigenvalue weighted by Gasteiger charge is -2.07. The number of carbonyl (C=O) groups is 1. The second-order valence-corrected chi connectivity index (χ2v) is 4.15. The Morgan fingerprint density at radius 3 is 2.95 bits per heavy atom. The van der Waals surface area contributed by atoms with Crippen LogP contribution in [0.4, 0.5) is 0 Å². The van der Waals surface area contributed by atoms with Crippen LogP contribution >= 0.6 is 0 Å². The van der Waals surface area contributed by atoms with E-state index in [4.69, 9.17) is 4.74 Å². The van der Waals surface area contributed by atoms with Gasteiger partial charge in [0.1, 0.15) is 12.3 Å². The summed E-state index contributed by atoms with van der Waals surface area (Å²) in [4.78, 5) is 23.2. The number of carbonyl (C=O) groups excluding carboxylic acids is 1. The van der Waals surface area contributed by atoms with Gasteiger partial charge in [-0.3, -0.25) is 9.59 Å². The Hall–Kier alpha value is -2.63. The molecule has 6 heteroatoms. The van der Waals surface area contributed by atoms with Gasteiger partial charge >= 0.3 is 0 Å². The van der Waals surface area contributed by atoms with Gasteiger partial charge in [-0.05, 0) is 23.8 Å². The van der Waals surface area contributed by atoms with Gasteiger partial charge in [-0.2, -0.15) is 5.10 Å². The zero-order valence-electron chi connectivity index (χ0n) is 11.1. The van der Waals surface area contributed by atoms with Crippen LogP contribution in [0.3, 0.4) is 0 Å². The SMILES string of the molecule is COc1cccc(CNC(=O)Cn2ncccc2=O)c1. The second kappa shape index (κ2) is 6.51. The molecule has 0 saturated heterocycles. The molecule has 0 fully saturated rings. The number of amides is 1. The van der Waals surface area contributed by atoms with Gasteiger partial charge < -0.3 is 10.1 Å². The molecule has 1 heterocycles. The first-order valence-electron chi connectivity index (χ1n) is 6.11. The molecule has 0 unspecified atom stereocenters. The number of hydrogen-bond donors (Lipinski definition) is 1. The van der Waals surface area contributed by atoms with E-state index in [1.165, 1.54) is 18.3 Å². The third-order valence-corrected chi connectivity index (χ3v) is 2.70. The lowest BCUT2D eigenvalue weighted by molar-refractivity contribution is -0.122. The number of aromatic nitrogens is 2. The molecule has 1 aromatic carbocycles. The number of nitrogens with one attached hydrogen (secondary N) is 1. The quantitative estimate of drug-likeness (QED) is 0.864. The van der Waals surface area contributed by atoms with Crippen LogP contribution in [0.25, 0.3) is 0 Å². The number of hydrogen-bond acceptors (Lipinski definition) is 4. The van der Waals surface area contributed by atoms with Gasteiger partial charge in [0.05, 0.1) is 7.11 Å². The average Bonchev–Trinajstić information content (AvgIpc) is 2.48. The Bertz CT molecular complexity index is 652. The van der Waals surface area contributed by atoms with E-state index in [1.807, 2.05) is 24.3 Å². The molecule has 0 spiro atoms. The highest BCUT2D eigenvalue weighted by atomic mass is 16.5. The molecular formula is C14H15N3O3. The van der Waals surface area contributed by atoms with Gasteiger partial charge in [0.2, 0.25) is 5.91 Å². The average molecular weight is 273 g/mol. The molecule has 6 nitrogen and oxygen atoms in total. The number of rotatable bonds is 5. The maximum Gasteiger partial charge on any atom is 0.267 e. The topological polar surface area (TPSA) is 73.2 Å². The minimum Gasteiger partial charge on any atom is -0.497 e. The molecule has 1 amide bonds. The Morgan fingerprint density at radius 2 is 2.20 bits per heavy atom. The predicted molar refractivity (Wildman–Crippen MR) is 73.3 cm³/mol. The maximum atomic E-state index is 11.8. The summed E-state index contributed by atoms with van der Waals surface area (Å²) in [5.41, 5.74) is 0.620. The summed E-state index contributed by atoms with van der Waals surface area (Å²) >= 11 is 0. The largest absolute Gasteiger partial charge is 0.497 e. The third-order valence-electron chi connectivity index (χ3n) is 2.70. The van der Waals surface area contributed by atoms with Gasteiger partial charge in [0, 0.05) is 18.8 Å². The van der Waals surface area contributed by atoms with Gasteiger partial charge in [-0.15, -0.1) is 0 Å². The first-order valence-corrected chi connectivity index (χ1v) is 6.11. The standard InChI is InChI=1S/C14H15N3O3/c1-20-12-5-2-4-11(8-12)9-15-13(18)10-17-14(19)6-3-7-16-17/h2-8H,9-10H2,1H3,(H,15,18). The molecule has 2 aromatic rings. The van der Waals surface area contributed by atoms with Crippen LogP contribution in [-0.4, -0.2) is 22.8 Å². The van der Waals surface area contributed by atoms with E-state index in [9.17, 15) is 9.59 Å². The monoisotopic (exact) mass is 273 g/mol. The highest BCUT2D eigenvalue weighted by Gasteiger charge is 2.05. The first-order chi connectivity index (χ1) is 9.69. The van der Waals surface area contributed by atoms with Crippen molar-refractivity contribution in [3.63, 3.8) is 0 Å². The zero-order chi connectivity index (χ0) is 14.4. The van der Waals surface area contributed by atoms with Crippen LogP contribution in [0.5, 0.6) is 5.75 Å². The molecule has 0 aliphatic rings. The van der Waals surface area contributed by atoms with E-state index in [2.05, 4.69) is 10.4 Å². The van der Waals surface area contributed by atoms with E-state index in [-0.39, 0.29) is 18.0 Å². The minimum atomic E-state index is -0.302. The van der Waals surface area contributed by atoms with Crippen molar-refractivity contribution in [2.45, 2.75) is 13.1 Å². The molecule has 1 aromatic heterocycles. The van der Waals surface area contributed by atoms with Crippen molar-refractivity contribution in [1.82, 2.24) is 15.1 Å². The molecule has 2 rings (SSSR count). The highest BCUT2D eigenvalue weighted by molar-refractivity contribution is 5.75. The van der Waals surface area contributed by atoms with Crippen LogP contribution in [0.1, 0.15) is 5.56 Å².